The molecule has 126 valence electrons. The van der Waals surface area contributed by atoms with Gasteiger partial charge in [0.15, 0.2) is 10.8 Å². The van der Waals surface area contributed by atoms with Crippen molar-refractivity contribution in [1.29, 1.82) is 0 Å². The van der Waals surface area contributed by atoms with E-state index in [4.69, 9.17) is 5.11 Å². The SMILES string of the molecule is O=C(O)CCC1CCCN(C(=O)c2cnc(-c3ncccn3)s2)C1. The standard InChI is InChI=1S/C16H18N4O3S/c21-13(22)5-4-11-3-1-8-20(10-11)16(23)12-9-19-15(24-12)14-17-6-2-7-18-14/h2,6-7,9,11H,1,3-5,8,10H2,(H,21,22). The maximum Gasteiger partial charge on any atom is 0.303 e. The van der Waals surface area contributed by atoms with E-state index in [2.05, 4.69) is 15.0 Å². The largest absolute Gasteiger partial charge is 0.481 e. The molecule has 3 heterocycles. The molecular weight excluding hydrogens is 328 g/mol. The van der Waals surface area contributed by atoms with Crippen LogP contribution in [0.5, 0.6) is 0 Å². The lowest BCUT2D eigenvalue weighted by atomic mass is 9.93. The number of carbonyl (C=O) groups excluding carboxylic acids is 1. The van der Waals surface area contributed by atoms with Crippen LogP contribution in [-0.2, 0) is 4.79 Å². The molecule has 1 aliphatic heterocycles. The van der Waals surface area contributed by atoms with Crippen LogP contribution in [0.2, 0.25) is 0 Å². The Hall–Kier alpha value is -2.35. The maximum absolute atomic E-state index is 12.7. The molecule has 1 N–H and O–H groups in total. The lowest BCUT2D eigenvalue weighted by Crippen LogP contribution is -2.39. The summed E-state index contributed by atoms with van der Waals surface area (Å²) in [6.07, 6.45) is 7.51. The molecule has 2 aromatic rings. The van der Waals surface area contributed by atoms with Gasteiger partial charge in [-0.15, -0.1) is 11.3 Å². The Balaban J connectivity index is 1.66. The third kappa shape index (κ3) is 3.94. The Labute approximate surface area is 143 Å². The first-order valence-corrected chi connectivity index (χ1v) is 8.69. The summed E-state index contributed by atoms with van der Waals surface area (Å²) in [5.41, 5.74) is 0. The molecule has 0 saturated carbocycles. The first-order chi connectivity index (χ1) is 11.6. The number of carboxylic acids is 1. The number of piperidine rings is 1. The first kappa shape index (κ1) is 16.5. The van der Waals surface area contributed by atoms with Gasteiger partial charge in [0.1, 0.15) is 4.88 Å². The van der Waals surface area contributed by atoms with Gasteiger partial charge in [0, 0.05) is 31.9 Å². The highest BCUT2D eigenvalue weighted by Crippen LogP contribution is 2.26. The van der Waals surface area contributed by atoms with Gasteiger partial charge in [-0.1, -0.05) is 0 Å². The second-order valence-corrected chi connectivity index (χ2v) is 6.82. The fourth-order valence-electron chi connectivity index (χ4n) is 2.85. The molecule has 7 nitrogen and oxygen atoms in total. The van der Waals surface area contributed by atoms with E-state index in [9.17, 15) is 9.59 Å². The van der Waals surface area contributed by atoms with Crippen LogP contribution in [0, 0.1) is 5.92 Å². The lowest BCUT2D eigenvalue weighted by Gasteiger charge is -2.32. The molecule has 0 radical (unpaired) electrons. The predicted octanol–water partition coefficient (Wildman–Crippen LogP) is 2.32. The summed E-state index contributed by atoms with van der Waals surface area (Å²) in [6, 6.07) is 1.73. The molecule has 8 heteroatoms. The molecule has 1 fully saturated rings. The van der Waals surface area contributed by atoms with E-state index in [1.54, 1.807) is 29.6 Å². The van der Waals surface area contributed by atoms with Crippen LogP contribution in [0.4, 0.5) is 0 Å². The summed E-state index contributed by atoms with van der Waals surface area (Å²) < 4.78 is 0. The number of aromatic nitrogens is 3. The van der Waals surface area contributed by atoms with E-state index in [0.717, 1.165) is 12.8 Å². The van der Waals surface area contributed by atoms with E-state index in [0.29, 0.717) is 35.2 Å². The smallest absolute Gasteiger partial charge is 0.303 e. The zero-order valence-corrected chi connectivity index (χ0v) is 13.9. The molecule has 1 amide bonds. The monoisotopic (exact) mass is 346 g/mol. The summed E-state index contributed by atoms with van der Waals surface area (Å²) in [5, 5.41) is 9.43. The number of amides is 1. The molecule has 1 saturated heterocycles. The van der Waals surface area contributed by atoms with Crippen LogP contribution in [0.3, 0.4) is 0 Å². The Morgan fingerprint density at radius 2 is 2.08 bits per heavy atom. The highest BCUT2D eigenvalue weighted by atomic mass is 32.1. The quantitative estimate of drug-likeness (QED) is 0.892. The third-order valence-corrected chi connectivity index (χ3v) is 5.03. The molecule has 0 bridgehead atoms. The number of hydrogen-bond acceptors (Lipinski definition) is 6. The predicted molar refractivity (Wildman–Crippen MR) is 88.6 cm³/mol. The second-order valence-electron chi connectivity index (χ2n) is 5.79. The van der Waals surface area contributed by atoms with E-state index in [1.807, 2.05) is 0 Å². The average molecular weight is 346 g/mol. The van der Waals surface area contributed by atoms with Gasteiger partial charge < -0.3 is 10.0 Å². The third-order valence-electron chi connectivity index (χ3n) is 4.05. The first-order valence-electron chi connectivity index (χ1n) is 7.88. The highest BCUT2D eigenvalue weighted by Gasteiger charge is 2.26. The number of likely N-dealkylation sites (tertiary alicyclic amines) is 1. The van der Waals surface area contributed by atoms with Gasteiger partial charge in [-0.2, -0.15) is 0 Å². The van der Waals surface area contributed by atoms with Crippen LogP contribution in [0.15, 0.2) is 24.7 Å². The molecule has 0 aliphatic carbocycles. The van der Waals surface area contributed by atoms with Crippen molar-refractivity contribution in [3.05, 3.63) is 29.5 Å². The van der Waals surface area contributed by atoms with Crippen molar-refractivity contribution in [3.63, 3.8) is 0 Å². The summed E-state index contributed by atoms with van der Waals surface area (Å²) >= 11 is 1.29. The molecule has 0 spiro atoms. The molecule has 0 aromatic carbocycles. The summed E-state index contributed by atoms with van der Waals surface area (Å²) in [4.78, 5) is 38.3. The van der Waals surface area contributed by atoms with Gasteiger partial charge in [0.25, 0.3) is 5.91 Å². The van der Waals surface area contributed by atoms with Crippen molar-refractivity contribution < 1.29 is 14.7 Å². The van der Waals surface area contributed by atoms with Gasteiger partial charge in [0.2, 0.25) is 0 Å². The molecule has 1 unspecified atom stereocenters. The molecule has 1 aliphatic rings. The molecule has 3 rings (SSSR count). The minimum atomic E-state index is -0.784. The van der Waals surface area contributed by atoms with E-state index >= 15 is 0 Å². The Bertz CT molecular complexity index is 719. The fourth-order valence-corrected chi connectivity index (χ4v) is 3.69. The van der Waals surface area contributed by atoms with Crippen LogP contribution >= 0.6 is 11.3 Å². The number of carboxylic acid groups (broad SMARTS) is 1. The van der Waals surface area contributed by atoms with Crippen molar-refractivity contribution in [3.8, 4) is 10.8 Å². The summed E-state index contributed by atoms with van der Waals surface area (Å²) in [5.74, 6) is -0.0636. The number of hydrogen-bond donors (Lipinski definition) is 1. The number of carbonyl (C=O) groups is 2. The zero-order chi connectivity index (χ0) is 16.9. The van der Waals surface area contributed by atoms with Crippen molar-refractivity contribution >= 4 is 23.2 Å². The van der Waals surface area contributed by atoms with Crippen molar-refractivity contribution in [2.75, 3.05) is 13.1 Å². The van der Waals surface area contributed by atoms with Crippen molar-refractivity contribution in [2.45, 2.75) is 25.7 Å². The number of thiazole rings is 1. The van der Waals surface area contributed by atoms with Crippen LogP contribution in [0.1, 0.15) is 35.4 Å². The summed E-state index contributed by atoms with van der Waals surface area (Å²) in [7, 11) is 0. The number of rotatable bonds is 5. The van der Waals surface area contributed by atoms with Gasteiger partial charge in [-0.3, -0.25) is 9.59 Å². The number of nitrogens with zero attached hydrogens (tertiary/aromatic N) is 4. The minimum absolute atomic E-state index is 0.0466. The molecule has 1 atom stereocenters. The van der Waals surface area contributed by atoms with Gasteiger partial charge in [-0.05, 0) is 31.2 Å². The molecule has 2 aromatic heterocycles. The summed E-state index contributed by atoms with van der Waals surface area (Å²) in [6.45, 7) is 1.32. The topological polar surface area (TPSA) is 96.3 Å². The second kappa shape index (κ2) is 7.48. The molecular formula is C16H18N4O3S. The van der Waals surface area contributed by atoms with E-state index in [-0.39, 0.29) is 18.2 Å². The van der Waals surface area contributed by atoms with Crippen molar-refractivity contribution in [1.82, 2.24) is 19.9 Å². The van der Waals surface area contributed by atoms with Gasteiger partial charge in [0.05, 0.1) is 6.20 Å². The number of aliphatic carboxylic acids is 1. The lowest BCUT2D eigenvalue weighted by molar-refractivity contribution is -0.137. The normalized spacial score (nSPS) is 17.7. The fraction of sp³-hybridized carbons (Fsp3) is 0.438. The maximum atomic E-state index is 12.7. The van der Waals surface area contributed by atoms with Crippen LogP contribution in [-0.4, -0.2) is 49.9 Å². The zero-order valence-electron chi connectivity index (χ0n) is 13.1. The van der Waals surface area contributed by atoms with Crippen LogP contribution < -0.4 is 0 Å². The minimum Gasteiger partial charge on any atom is -0.481 e. The van der Waals surface area contributed by atoms with Gasteiger partial charge >= 0.3 is 5.97 Å². The highest BCUT2D eigenvalue weighted by molar-refractivity contribution is 7.16. The Morgan fingerprint density at radius 1 is 1.29 bits per heavy atom. The van der Waals surface area contributed by atoms with Crippen LogP contribution in [0.25, 0.3) is 10.8 Å². The Kier molecular flexibility index (Phi) is 5.14. The average Bonchev–Trinajstić information content (AvgIpc) is 3.10. The van der Waals surface area contributed by atoms with Gasteiger partial charge in [-0.25, -0.2) is 15.0 Å². The van der Waals surface area contributed by atoms with E-state index < -0.39 is 5.97 Å². The van der Waals surface area contributed by atoms with Crippen molar-refractivity contribution in [2.24, 2.45) is 5.92 Å². The van der Waals surface area contributed by atoms with E-state index in [1.165, 1.54) is 11.3 Å². The Morgan fingerprint density at radius 3 is 2.83 bits per heavy atom. The molecule has 24 heavy (non-hydrogen) atoms.